The number of amides is 1. The Morgan fingerprint density at radius 1 is 1.45 bits per heavy atom. The smallest absolute Gasteiger partial charge is 0.270 e. The van der Waals surface area contributed by atoms with Crippen LogP contribution in [0.4, 0.5) is 0 Å². The van der Waals surface area contributed by atoms with Crippen molar-refractivity contribution in [2.45, 2.75) is 50.8 Å². The molecule has 1 aliphatic rings. The van der Waals surface area contributed by atoms with Crippen LogP contribution in [0.3, 0.4) is 0 Å². The van der Waals surface area contributed by atoms with Gasteiger partial charge in [-0.05, 0) is 36.6 Å². The van der Waals surface area contributed by atoms with Crippen molar-refractivity contribution in [3.8, 4) is 0 Å². The number of carbonyl (C=O) groups is 1. The van der Waals surface area contributed by atoms with Crippen molar-refractivity contribution in [3.63, 3.8) is 0 Å². The molecule has 1 N–H and O–H groups in total. The van der Waals surface area contributed by atoms with Crippen LogP contribution in [-0.2, 0) is 5.75 Å². The monoisotopic (exact) mass is 292 g/mol. The van der Waals surface area contributed by atoms with Gasteiger partial charge >= 0.3 is 0 Å². The summed E-state index contributed by atoms with van der Waals surface area (Å²) in [5.74, 6) is 1.46. The normalized spacial score (nSPS) is 22.5. The first kappa shape index (κ1) is 15.4. The predicted molar refractivity (Wildman–Crippen MR) is 85.0 cm³/mol. The maximum Gasteiger partial charge on any atom is 0.270 e. The molecule has 1 aliphatic carbocycles. The molecule has 0 aliphatic heterocycles. The zero-order valence-electron chi connectivity index (χ0n) is 12.4. The molecule has 1 saturated carbocycles. The fraction of sp³-hybridized carbons (Fsp3) is 0.625. The molecule has 2 atom stereocenters. The first-order chi connectivity index (χ1) is 9.76. The highest BCUT2D eigenvalue weighted by molar-refractivity contribution is 7.97. The van der Waals surface area contributed by atoms with Crippen LogP contribution in [0.2, 0.25) is 0 Å². The minimum absolute atomic E-state index is 0.000000000000000444. The van der Waals surface area contributed by atoms with Gasteiger partial charge in [0.2, 0.25) is 0 Å². The number of hydrogen-bond acceptors (Lipinski definition) is 3. The Labute approximate surface area is 125 Å². The van der Waals surface area contributed by atoms with Gasteiger partial charge in [0, 0.05) is 18.0 Å². The average molecular weight is 292 g/mol. The minimum atomic E-state index is 0.000000000000000444. The van der Waals surface area contributed by atoms with Gasteiger partial charge in [-0.2, -0.15) is 11.8 Å². The van der Waals surface area contributed by atoms with E-state index in [1.807, 2.05) is 18.4 Å². The molecule has 2 unspecified atom stereocenters. The molecular formula is C16H24N2OS. The fourth-order valence-corrected chi connectivity index (χ4v) is 3.58. The van der Waals surface area contributed by atoms with Gasteiger partial charge in [-0.1, -0.05) is 32.3 Å². The molecule has 20 heavy (non-hydrogen) atoms. The highest BCUT2D eigenvalue weighted by Crippen LogP contribution is 2.27. The summed E-state index contributed by atoms with van der Waals surface area (Å²) in [5, 5.41) is 3.22. The van der Waals surface area contributed by atoms with E-state index in [-0.39, 0.29) is 5.91 Å². The lowest BCUT2D eigenvalue weighted by Gasteiger charge is -2.31. The number of aromatic nitrogens is 1. The molecule has 0 spiro atoms. The summed E-state index contributed by atoms with van der Waals surface area (Å²) in [4.78, 5) is 16.8. The molecule has 0 aromatic carbocycles. The summed E-state index contributed by atoms with van der Waals surface area (Å²) in [6.45, 7) is 2.22. The van der Waals surface area contributed by atoms with Gasteiger partial charge in [0.05, 0.1) is 0 Å². The molecule has 1 aromatic rings. The van der Waals surface area contributed by atoms with Crippen molar-refractivity contribution in [3.05, 3.63) is 29.6 Å². The number of pyridine rings is 1. The number of hydrogen-bond donors (Lipinski definition) is 1. The number of rotatable bonds is 5. The van der Waals surface area contributed by atoms with E-state index in [1.54, 1.807) is 18.0 Å². The van der Waals surface area contributed by atoms with Crippen molar-refractivity contribution in [2.24, 2.45) is 5.92 Å². The third-order valence-corrected chi connectivity index (χ3v) is 4.76. The standard InChI is InChI=1S/C16H24N2OS/c1-3-12-7-4-5-9-14(12)18-16(19)15-13(11-20-2)8-6-10-17-15/h6,8,10,12,14H,3-5,7,9,11H2,1-2H3,(H,18,19). The highest BCUT2D eigenvalue weighted by atomic mass is 32.2. The summed E-state index contributed by atoms with van der Waals surface area (Å²) in [6, 6.07) is 4.22. The maximum atomic E-state index is 12.5. The van der Waals surface area contributed by atoms with E-state index in [1.165, 1.54) is 19.3 Å². The Morgan fingerprint density at radius 2 is 2.25 bits per heavy atom. The lowest BCUT2D eigenvalue weighted by molar-refractivity contribution is 0.0899. The van der Waals surface area contributed by atoms with Gasteiger partial charge in [0.15, 0.2) is 0 Å². The van der Waals surface area contributed by atoms with Crippen LogP contribution in [0.15, 0.2) is 18.3 Å². The van der Waals surface area contributed by atoms with Crippen molar-refractivity contribution >= 4 is 17.7 Å². The Morgan fingerprint density at radius 3 is 3.00 bits per heavy atom. The van der Waals surface area contributed by atoms with E-state index in [2.05, 4.69) is 17.2 Å². The zero-order valence-corrected chi connectivity index (χ0v) is 13.2. The van der Waals surface area contributed by atoms with Gasteiger partial charge in [-0.3, -0.25) is 9.78 Å². The van der Waals surface area contributed by atoms with Crippen molar-refractivity contribution < 1.29 is 4.79 Å². The molecule has 0 saturated heterocycles. The largest absolute Gasteiger partial charge is 0.348 e. The molecule has 2 rings (SSSR count). The van der Waals surface area contributed by atoms with Gasteiger partial charge in [-0.25, -0.2) is 0 Å². The van der Waals surface area contributed by atoms with Gasteiger partial charge in [-0.15, -0.1) is 0 Å². The van der Waals surface area contributed by atoms with Crippen molar-refractivity contribution in [1.82, 2.24) is 10.3 Å². The van der Waals surface area contributed by atoms with E-state index >= 15 is 0 Å². The third-order valence-electron chi connectivity index (χ3n) is 4.16. The second kappa shape index (κ2) is 7.67. The molecule has 4 heteroatoms. The van der Waals surface area contributed by atoms with Crippen LogP contribution in [0.1, 0.15) is 55.1 Å². The van der Waals surface area contributed by atoms with E-state index < -0.39 is 0 Å². The minimum Gasteiger partial charge on any atom is -0.348 e. The number of carbonyl (C=O) groups excluding carboxylic acids is 1. The van der Waals surface area contributed by atoms with Gasteiger partial charge in [0.25, 0.3) is 5.91 Å². The Hall–Kier alpha value is -1.03. The summed E-state index contributed by atoms with van der Waals surface area (Å²) in [7, 11) is 0. The topological polar surface area (TPSA) is 42.0 Å². The third kappa shape index (κ3) is 3.75. The molecule has 1 heterocycles. The molecule has 1 fully saturated rings. The summed E-state index contributed by atoms with van der Waals surface area (Å²) >= 11 is 1.72. The van der Waals surface area contributed by atoms with Crippen LogP contribution < -0.4 is 5.32 Å². The summed E-state index contributed by atoms with van der Waals surface area (Å²) < 4.78 is 0. The molecule has 110 valence electrons. The molecular weight excluding hydrogens is 268 g/mol. The fourth-order valence-electron chi connectivity index (χ4n) is 3.04. The Balaban J connectivity index is 2.07. The SMILES string of the molecule is CCC1CCCCC1NC(=O)c1ncccc1CSC. The van der Waals surface area contributed by atoms with Crippen LogP contribution >= 0.6 is 11.8 Å². The second-order valence-corrected chi connectivity index (χ2v) is 6.34. The maximum absolute atomic E-state index is 12.5. The van der Waals surface area contributed by atoms with Crippen LogP contribution in [0.5, 0.6) is 0 Å². The number of thioether (sulfide) groups is 1. The number of nitrogens with zero attached hydrogens (tertiary/aromatic N) is 1. The Kier molecular flexibility index (Phi) is 5.89. The van der Waals surface area contributed by atoms with Gasteiger partial charge < -0.3 is 5.32 Å². The van der Waals surface area contributed by atoms with Crippen LogP contribution in [0.25, 0.3) is 0 Å². The first-order valence-corrected chi connectivity index (χ1v) is 8.89. The highest BCUT2D eigenvalue weighted by Gasteiger charge is 2.26. The molecule has 3 nitrogen and oxygen atoms in total. The van der Waals surface area contributed by atoms with Crippen LogP contribution in [-0.4, -0.2) is 23.2 Å². The second-order valence-electron chi connectivity index (χ2n) is 5.48. The van der Waals surface area contributed by atoms with E-state index in [0.717, 1.165) is 24.2 Å². The average Bonchev–Trinajstić information content (AvgIpc) is 2.48. The quantitative estimate of drug-likeness (QED) is 0.901. The lowest BCUT2D eigenvalue weighted by Crippen LogP contribution is -2.42. The van der Waals surface area contributed by atoms with E-state index in [9.17, 15) is 4.79 Å². The molecule has 1 aromatic heterocycles. The van der Waals surface area contributed by atoms with E-state index in [0.29, 0.717) is 17.7 Å². The van der Waals surface area contributed by atoms with Crippen molar-refractivity contribution in [1.29, 1.82) is 0 Å². The lowest BCUT2D eigenvalue weighted by atomic mass is 9.83. The predicted octanol–water partition coefficient (Wildman–Crippen LogP) is 3.64. The number of nitrogens with one attached hydrogen (secondary N) is 1. The summed E-state index contributed by atoms with van der Waals surface area (Å²) in [6.07, 6.45) is 9.76. The van der Waals surface area contributed by atoms with Gasteiger partial charge in [0.1, 0.15) is 5.69 Å². The summed E-state index contributed by atoms with van der Waals surface area (Å²) in [5.41, 5.74) is 1.63. The molecule has 1 amide bonds. The molecule has 0 bridgehead atoms. The van der Waals surface area contributed by atoms with Crippen LogP contribution in [0, 0.1) is 5.92 Å². The first-order valence-electron chi connectivity index (χ1n) is 7.50. The zero-order chi connectivity index (χ0) is 14.4. The Bertz CT molecular complexity index is 450. The van der Waals surface area contributed by atoms with E-state index in [4.69, 9.17) is 0 Å². The van der Waals surface area contributed by atoms with Crippen molar-refractivity contribution in [2.75, 3.05) is 6.26 Å². The molecule has 0 radical (unpaired) electrons.